The Labute approximate surface area is 124 Å². The van der Waals surface area contributed by atoms with Gasteiger partial charge >= 0.3 is 0 Å². The number of benzene rings is 1. The Kier molecular flexibility index (Phi) is 6.55. The van der Waals surface area contributed by atoms with E-state index in [1.165, 1.54) is 44.3 Å². The molecule has 2 heteroatoms. The number of nitrogens with one attached hydrogen (secondary N) is 1. The first kappa shape index (κ1) is 15.5. The molecule has 1 aliphatic rings. The van der Waals surface area contributed by atoms with E-state index in [2.05, 4.69) is 54.4 Å². The highest BCUT2D eigenvalue weighted by molar-refractivity contribution is 5.14. The SMILES string of the molecule is CC(C)CNCC1CCCCN1CCc1ccccc1. The van der Waals surface area contributed by atoms with Gasteiger partial charge in [0.15, 0.2) is 0 Å². The van der Waals surface area contributed by atoms with Crippen LogP contribution in [0, 0.1) is 5.92 Å². The second kappa shape index (κ2) is 8.43. The molecule has 1 saturated heterocycles. The largest absolute Gasteiger partial charge is 0.315 e. The number of rotatable bonds is 7. The summed E-state index contributed by atoms with van der Waals surface area (Å²) < 4.78 is 0. The van der Waals surface area contributed by atoms with Crippen LogP contribution in [0.25, 0.3) is 0 Å². The van der Waals surface area contributed by atoms with Crippen LogP contribution in [0.1, 0.15) is 38.7 Å². The van der Waals surface area contributed by atoms with Crippen LogP contribution >= 0.6 is 0 Å². The summed E-state index contributed by atoms with van der Waals surface area (Å²) >= 11 is 0. The number of nitrogens with zero attached hydrogens (tertiary/aromatic N) is 1. The molecule has 1 heterocycles. The smallest absolute Gasteiger partial charge is 0.0220 e. The molecule has 0 amide bonds. The standard InChI is InChI=1S/C18H30N2/c1-16(2)14-19-15-18-10-6-7-12-20(18)13-11-17-8-4-3-5-9-17/h3-5,8-9,16,18-19H,6-7,10-15H2,1-2H3. The van der Waals surface area contributed by atoms with Gasteiger partial charge in [-0.2, -0.15) is 0 Å². The highest BCUT2D eigenvalue weighted by atomic mass is 15.2. The van der Waals surface area contributed by atoms with Crippen LogP contribution in [-0.2, 0) is 6.42 Å². The third-order valence-electron chi connectivity index (χ3n) is 4.21. The molecule has 1 unspecified atom stereocenters. The maximum absolute atomic E-state index is 3.64. The van der Waals surface area contributed by atoms with E-state index in [0.717, 1.165) is 25.0 Å². The van der Waals surface area contributed by atoms with Crippen molar-refractivity contribution in [1.82, 2.24) is 10.2 Å². The lowest BCUT2D eigenvalue weighted by Crippen LogP contribution is -2.46. The number of piperidine rings is 1. The highest BCUT2D eigenvalue weighted by Gasteiger charge is 2.21. The van der Waals surface area contributed by atoms with Crippen molar-refractivity contribution in [3.05, 3.63) is 35.9 Å². The minimum absolute atomic E-state index is 0.742. The van der Waals surface area contributed by atoms with Gasteiger partial charge in [0, 0.05) is 19.1 Å². The van der Waals surface area contributed by atoms with Gasteiger partial charge in [-0.25, -0.2) is 0 Å². The Bertz CT molecular complexity index is 361. The van der Waals surface area contributed by atoms with Crippen LogP contribution in [0.5, 0.6) is 0 Å². The van der Waals surface area contributed by atoms with Crippen LogP contribution in [0.2, 0.25) is 0 Å². The lowest BCUT2D eigenvalue weighted by atomic mass is 10.0. The van der Waals surface area contributed by atoms with Crippen molar-refractivity contribution in [3.63, 3.8) is 0 Å². The predicted molar refractivity (Wildman–Crippen MR) is 87.1 cm³/mol. The molecule has 1 aromatic carbocycles. The van der Waals surface area contributed by atoms with E-state index in [4.69, 9.17) is 0 Å². The van der Waals surface area contributed by atoms with Crippen molar-refractivity contribution in [3.8, 4) is 0 Å². The van der Waals surface area contributed by atoms with E-state index in [1.54, 1.807) is 0 Å². The molecule has 0 aliphatic carbocycles. The zero-order valence-corrected chi connectivity index (χ0v) is 13.1. The fourth-order valence-corrected chi connectivity index (χ4v) is 3.04. The first-order chi connectivity index (χ1) is 9.75. The molecule has 1 atom stereocenters. The molecule has 20 heavy (non-hydrogen) atoms. The third kappa shape index (κ3) is 5.26. The van der Waals surface area contributed by atoms with Crippen molar-refractivity contribution in [1.29, 1.82) is 0 Å². The van der Waals surface area contributed by atoms with Gasteiger partial charge in [-0.1, -0.05) is 50.6 Å². The summed E-state index contributed by atoms with van der Waals surface area (Å²) in [6.07, 6.45) is 5.31. The van der Waals surface area contributed by atoms with Crippen molar-refractivity contribution in [2.75, 3.05) is 26.2 Å². The second-order valence-corrected chi connectivity index (χ2v) is 6.47. The van der Waals surface area contributed by atoms with Gasteiger partial charge < -0.3 is 5.32 Å². The molecule has 1 aromatic rings. The highest BCUT2D eigenvalue weighted by Crippen LogP contribution is 2.17. The van der Waals surface area contributed by atoms with Gasteiger partial charge in [0.25, 0.3) is 0 Å². The number of hydrogen-bond donors (Lipinski definition) is 1. The fraction of sp³-hybridized carbons (Fsp3) is 0.667. The average Bonchev–Trinajstić information content (AvgIpc) is 2.47. The Morgan fingerprint density at radius 3 is 2.75 bits per heavy atom. The Morgan fingerprint density at radius 2 is 2.00 bits per heavy atom. The van der Waals surface area contributed by atoms with Crippen LogP contribution in [0.3, 0.4) is 0 Å². The van der Waals surface area contributed by atoms with E-state index >= 15 is 0 Å². The summed E-state index contributed by atoms with van der Waals surface area (Å²) in [5.41, 5.74) is 1.46. The van der Waals surface area contributed by atoms with Gasteiger partial charge in [0.1, 0.15) is 0 Å². The van der Waals surface area contributed by atoms with Gasteiger partial charge in [0.2, 0.25) is 0 Å². The normalized spacial score (nSPS) is 20.4. The third-order valence-corrected chi connectivity index (χ3v) is 4.21. The Balaban J connectivity index is 1.77. The van der Waals surface area contributed by atoms with E-state index in [-0.39, 0.29) is 0 Å². The lowest BCUT2D eigenvalue weighted by molar-refractivity contribution is 0.146. The first-order valence-corrected chi connectivity index (χ1v) is 8.24. The molecule has 112 valence electrons. The molecule has 1 aliphatic heterocycles. The molecule has 1 N–H and O–H groups in total. The van der Waals surface area contributed by atoms with Crippen LogP contribution in [0.15, 0.2) is 30.3 Å². The van der Waals surface area contributed by atoms with Crippen molar-refractivity contribution < 1.29 is 0 Å². The topological polar surface area (TPSA) is 15.3 Å². The zero-order valence-electron chi connectivity index (χ0n) is 13.1. The van der Waals surface area contributed by atoms with Crippen LogP contribution in [0.4, 0.5) is 0 Å². The van der Waals surface area contributed by atoms with Gasteiger partial charge in [-0.05, 0) is 43.8 Å². The van der Waals surface area contributed by atoms with Crippen LogP contribution in [-0.4, -0.2) is 37.1 Å². The molecule has 0 spiro atoms. The lowest BCUT2D eigenvalue weighted by Gasteiger charge is -2.36. The average molecular weight is 274 g/mol. The molecule has 0 aromatic heterocycles. The Morgan fingerprint density at radius 1 is 1.20 bits per heavy atom. The number of hydrogen-bond acceptors (Lipinski definition) is 2. The fourth-order valence-electron chi connectivity index (χ4n) is 3.04. The van der Waals surface area contributed by atoms with E-state index in [1.807, 2.05) is 0 Å². The van der Waals surface area contributed by atoms with Crippen molar-refractivity contribution >= 4 is 0 Å². The second-order valence-electron chi connectivity index (χ2n) is 6.47. The maximum atomic E-state index is 3.64. The summed E-state index contributed by atoms with van der Waals surface area (Å²) in [6, 6.07) is 11.6. The quantitative estimate of drug-likeness (QED) is 0.820. The molecular formula is C18H30N2. The molecule has 0 radical (unpaired) electrons. The van der Waals surface area contributed by atoms with Gasteiger partial charge in [-0.3, -0.25) is 4.90 Å². The molecule has 2 rings (SSSR count). The molecule has 2 nitrogen and oxygen atoms in total. The molecular weight excluding hydrogens is 244 g/mol. The van der Waals surface area contributed by atoms with E-state index in [0.29, 0.717) is 0 Å². The van der Waals surface area contributed by atoms with E-state index < -0.39 is 0 Å². The summed E-state index contributed by atoms with van der Waals surface area (Å²) in [6.45, 7) is 9.34. The summed E-state index contributed by atoms with van der Waals surface area (Å²) in [5.74, 6) is 0.747. The van der Waals surface area contributed by atoms with E-state index in [9.17, 15) is 0 Å². The van der Waals surface area contributed by atoms with Crippen molar-refractivity contribution in [2.45, 2.75) is 45.6 Å². The van der Waals surface area contributed by atoms with Gasteiger partial charge in [0.05, 0.1) is 0 Å². The van der Waals surface area contributed by atoms with Crippen molar-refractivity contribution in [2.24, 2.45) is 5.92 Å². The molecule has 1 fully saturated rings. The summed E-state index contributed by atoms with van der Waals surface area (Å²) in [4.78, 5) is 2.70. The van der Waals surface area contributed by atoms with Gasteiger partial charge in [-0.15, -0.1) is 0 Å². The maximum Gasteiger partial charge on any atom is 0.0220 e. The zero-order chi connectivity index (χ0) is 14.2. The summed E-state index contributed by atoms with van der Waals surface area (Å²) in [5, 5.41) is 3.64. The predicted octanol–water partition coefficient (Wildman–Crippen LogP) is 3.33. The first-order valence-electron chi connectivity index (χ1n) is 8.24. The molecule has 0 bridgehead atoms. The minimum atomic E-state index is 0.742. The Hall–Kier alpha value is -0.860. The van der Waals surface area contributed by atoms with Crippen LogP contribution < -0.4 is 5.32 Å². The number of likely N-dealkylation sites (tertiary alicyclic amines) is 1. The monoisotopic (exact) mass is 274 g/mol. The molecule has 0 saturated carbocycles. The summed E-state index contributed by atoms with van der Waals surface area (Å²) in [7, 11) is 0. The minimum Gasteiger partial charge on any atom is -0.315 e.